The maximum atomic E-state index is 11.9. The molecule has 1 N–H and O–H groups in total. The summed E-state index contributed by atoms with van der Waals surface area (Å²) in [5.74, 6) is 1.01. The number of nitrogens with one attached hydrogen (secondary N) is 1. The second-order valence-corrected chi connectivity index (χ2v) is 9.42. The van der Waals surface area contributed by atoms with Crippen molar-refractivity contribution in [1.29, 1.82) is 0 Å². The van der Waals surface area contributed by atoms with Gasteiger partial charge in [-0.3, -0.25) is 4.90 Å². The summed E-state index contributed by atoms with van der Waals surface area (Å²) in [5, 5.41) is -0.112. The van der Waals surface area contributed by atoms with E-state index in [1.54, 1.807) is 0 Å². The van der Waals surface area contributed by atoms with Crippen LogP contribution in [0.3, 0.4) is 0 Å². The van der Waals surface area contributed by atoms with Gasteiger partial charge in [-0.2, -0.15) is 0 Å². The normalized spacial score (nSPS) is 22.8. The van der Waals surface area contributed by atoms with Gasteiger partial charge in [-0.1, -0.05) is 38.1 Å². The standard InChI is InChI=1S/C18H28N2O2S/c1-14(2)17-5-3-15(4-6-17)12-20-10-9-16(13-20)11-19-23(21,22)18-7-8-18/h3-6,14,16,18-19H,7-13H2,1-2H3/t16-/m1/s1. The van der Waals surface area contributed by atoms with Crippen LogP contribution >= 0.6 is 0 Å². The lowest BCUT2D eigenvalue weighted by Gasteiger charge is -2.17. The van der Waals surface area contributed by atoms with Gasteiger partial charge in [0.2, 0.25) is 10.0 Å². The van der Waals surface area contributed by atoms with Crippen molar-refractivity contribution in [2.75, 3.05) is 19.6 Å². The second kappa shape index (κ2) is 6.91. The van der Waals surface area contributed by atoms with Gasteiger partial charge in [-0.15, -0.1) is 0 Å². The van der Waals surface area contributed by atoms with Crippen molar-refractivity contribution < 1.29 is 8.42 Å². The van der Waals surface area contributed by atoms with Crippen LogP contribution in [0.4, 0.5) is 0 Å². The van der Waals surface area contributed by atoms with Gasteiger partial charge in [0.1, 0.15) is 0 Å². The molecule has 1 aromatic rings. The van der Waals surface area contributed by atoms with Crippen LogP contribution in [0.25, 0.3) is 0 Å². The summed E-state index contributed by atoms with van der Waals surface area (Å²) < 4.78 is 26.6. The van der Waals surface area contributed by atoms with E-state index in [-0.39, 0.29) is 5.25 Å². The van der Waals surface area contributed by atoms with Crippen LogP contribution < -0.4 is 4.72 Å². The molecule has 0 spiro atoms. The summed E-state index contributed by atoms with van der Waals surface area (Å²) in [6.07, 6.45) is 2.74. The number of sulfonamides is 1. The van der Waals surface area contributed by atoms with Crippen molar-refractivity contribution in [1.82, 2.24) is 9.62 Å². The maximum Gasteiger partial charge on any atom is 0.214 e. The molecule has 4 nitrogen and oxygen atoms in total. The van der Waals surface area contributed by atoms with Gasteiger partial charge in [0.15, 0.2) is 0 Å². The first-order valence-electron chi connectivity index (χ1n) is 8.73. The van der Waals surface area contributed by atoms with Crippen LogP contribution in [0.15, 0.2) is 24.3 Å². The Morgan fingerprint density at radius 3 is 2.48 bits per heavy atom. The second-order valence-electron chi connectivity index (χ2n) is 7.38. The van der Waals surface area contributed by atoms with Crippen molar-refractivity contribution in [3.8, 4) is 0 Å². The summed E-state index contributed by atoms with van der Waals surface area (Å²) in [5.41, 5.74) is 2.72. The predicted octanol–water partition coefficient (Wildman–Crippen LogP) is 2.71. The zero-order valence-electron chi connectivity index (χ0n) is 14.2. The van der Waals surface area contributed by atoms with Crippen LogP contribution in [0.1, 0.15) is 50.2 Å². The van der Waals surface area contributed by atoms with Crippen molar-refractivity contribution >= 4 is 10.0 Å². The van der Waals surface area contributed by atoms with Crippen LogP contribution in [-0.4, -0.2) is 38.2 Å². The number of benzene rings is 1. The minimum absolute atomic E-state index is 0.112. The minimum atomic E-state index is -3.03. The molecular weight excluding hydrogens is 308 g/mol. The molecule has 1 heterocycles. The van der Waals surface area contributed by atoms with E-state index in [0.717, 1.165) is 38.9 Å². The van der Waals surface area contributed by atoms with E-state index in [1.165, 1.54) is 11.1 Å². The Labute approximate surface area is 140 Å². The number of rotatable bonds is 7. The van der Waals surface area contributed by atoms with Gasteiger partial charge in [-0.05, 0) is 48.8 Å². The highest BCUT2D eigenvalue weighted by atomic mass is 32.2. The summed E-state index contributed by atoms with van der Waals surface area (Å²) in [6.45, 7) is 8.03. The molecule has 2 fully saturated rings. The molecule has 0 radical (unpaired) electrons. The van der Waals surface area contributed by atoms with Crippen LogP contribution in [-0.2, 0) is 16.6 Å². The largest absolute Gasteiger partial charge is 0.299 e. The Balaban J connectivity index is 1.46. The molecule has 128 valence electrons. The van der Waals surface area contributed by atoms with Crippen molar-refractivity contribution in [2.45, 2.75) is 50.8 Å². The van der Waals surface area contributed by atoms with Crippen LogP contribution in [0.5, 0.6) is 0 Å². The monoisotopic (exact) mass is 336 g/mol. The zero-order valence-corrected chi connectivity index (χ0v) is 15.0. The van der Waals surface area contributed by atoms with Crippen molar-refractivity contribution in [3.05, 3.63) is 35.4 Å². The van der Waals surface area contributed by atoms with Gasteiger partial charge < -0.3 is 0 Å². The highest BCUT2D eigenvalue weighted by Gasteiger charge is 2.36. The first-order valence-corrected chi connectivity index (χ1v) is 10.3. The summed E-state index contributed by atoms with van der Waals surface area (Å²) in [6, 6.07) is 8.88. The third kappa shape index (κ3) is 4.55. The molecular formula is C18H28N2O2S. The Hall–Kier alpha value is -0.910. The number of likely N-dealkylation sites (tertiary alicyclic amines) is 1. The van der Waals surface area contributed by atoms with Gasteiger partial charge >= 0.3 is 0 Å². The van der Waals surface area contributed by atoms with E-state index in [0.29, 0.717) is 18.4 Å². The summed E-state index contributed by atoms with van der Waals surface area (Å²) >= 11 is 0. The SMILES string of the molecule is CC(C)c1ccc(CN2CC[C@H](CNS(=O)(=O)C3CC3)C2)cc1. The molecule has 0 aromatic heterocycles. The number of nitrogens with zero attached hydrogens (tertiary/aromatic N) is 1. The Kier molecular flexibility index (Phi) is 5.09. The minimum Gasteiger partial charge on any atom is -0.299 e. The maximum absolute atomic E-state index is 11.9. The molecule has 3 rings (SSSR count). The van der Waals surface area contributed by atoms with Gasteiger partial charge in [0.25, 0.3) is 0 Å². The van der Waals surface area contributed by atoms with E-state index in [9.17, 15) is 8.42 Å². The molecule has 2 aliphatic rings. The Morgan fingerprint density at radius 1 is 1.17 bits per heavy atom. The fraction of sp³-hybridized carbons (Fsp3) is 0.667. The number of hydrogen-bond acceptors (Lipinski definition) is 3. The average molecular weight is 337 g/mol. The van der Waals surface area contributed by atoms with E-state index in [4.69, 9.17) is 0 Å². The zero-order chi connectivity index (χ0) is 16.4. The van der Waals surface area contributed by atoms with Crippen LogP contribution in [0.2, 0.25) is 0 Å². The topological polar surface area (TPSA) is 49.4 Å². The van der Waals surface area contributed by atoms with E-state index >= 15 is 0 Å². The lowest BCUT2D eigenvalue weighted by Crippen LogP contribution is -2.33. The number of hydrogen-bond donors (Lipinski definition) is 1. The predicted molar refractivity (Wildman–Crippen MR) is 93.9 cm³/mol. The molecule has 0 unspecified atom stereocenters. The Morgan fingerprint density at radius 2 is 1.87 bits per heavy atom. The smallest absolute Gasteiger partial charge is 0.214 e. The summed E-state index contributed by atoms with van der Waals surface area (Å²) in [7, 11) is -3.03. The molecule has 1 aromatic carbocycles. The summed E-state index contributed by atoms with van der Waals surface area (Å²) in [4.78, 5) is 2.43. The molecule has 1 atom stereocenters. The molecule has 1 saturated carbocycles. The highest BCUT2D eigenvalue weighted by molar-refractivity contribution is 7.90. The van der Waals surface area contributed by atoms with Gasteiger partial charge in [0.05, 0.1) is 5.25 Å². The Bertz CT molecular complexity index is 621. The molecule has 1 saturated heterocycles. The van der Waals surface area contributed by atoms with Gasteiger partial charge in [-0.25, -0.2) is 13.1 Å². The molecule has 1 aliphatic carbocycles. The third-order valence-corrected chi connectivity index (χ3v) is 6.88. The third-order valence-electron chi connectivity index (χ3n) is 4.96. The molecule has 0 amide bonds. The fourth-order valence-corrected chi connectivity index (χ4v) is 4.68. The van der Waals surface area contributed by atoms with Crippen molar-refractivity contribution in [3.63, 3.8) is 0 Å². The first kappa shape index (κ1) is 16.9. The molecule has 5 heteroatoms. The van der Waals surface area contributed by atoms with E-state index in [2.05, 4.69) is 47.7 Å². The lowest BCUT2D eigenvalue weighted by molar-refractivity contribution is 0.316. The molecule has 23 heavy (non-hydrogen) atoms. The first-order chi connectivity index (χ1) is 10.9. The fourth-order valence-electron chi connectivity index (χ4n) is 3.22. The quantitative estimate of drug-likeness (QED) is 0.833. The van der Waals surface area contributed by atoms with E-state index < -0.39 is 10.0 Å². The lowest BCUT2D eigenvalue weighted by atomic mass is 10.0. The molecule has 0 bridgehead atoms. The molecule has 1 aliphatic heterocycles. The van der Waals surface area contributed by atoms with Crippen molar-refractivity contribution in [2.24, 2.45) is 5.92 Å². The van der Waals surface area contributed by atoms with Gasteiger partial charge in [0, 0.05) is 19.6 Å². The van der Waals surface area contributed by atoms with E-state index in [1.807, 2.05) is 0 Å². The van der Waals surface area contributed by atoms with Crippen LogP contribution in [0, 0.1) is 5.92 Å². The highest BCUT2D eigenvalue weighted by Crippen LogP contribution is 2.28. The average Bonchev–Trinajstić information content (AvgIpc) is 3.29.